The van der Waals surface area contributed by atoms with Gasteiger partial charge in [0.2, 0.25) is 5.16 Å². The lowest BCUT2D eigenvalue weighted by Crippen LogP contribution is -2.11. The van der Waals surface area contributed by atoms with E-state index in [-0.39, 0.29) is 5.78 Å². The third-order valence-electron chi connectivity index (χ3n) is 4.86. The van der Waals surface area contributed by atoms with Crippen molar-refractivity contribution < 1.29 is 4.79 Å². The SMILES string of the molecule is O=C(c1c[nH]c2ccccc12)C(Sc1nnnn1-c1ccccc1)c1ccccc1. The summed E-state index contributed by atoms with van der Waals surface area (Å²) >= 11 is 1.35. The summed E-state index contributed by atoms with van der Waals surface area (Å²) in [5.74, 6) is 0.00580. The Kier molecular flexibility index (Phi) is 4.86. The highest BCUT2D eigenvalue weighted by atomic mass is 32.2. The first-order chi connectivity index (χ1) is 14.8. The number of nitrogens with zero attached hydrogens (tertiary/aromatic N) is 4. The van der Waals surface area contributed by atoms with Gasteiger partial charge in [0.15, 0.2) is 5.78 Å². The maximum absolute atomic E-state index is 13.7. The minimum Gasteiger partial charge on any atom is -0.360 e. The Morgan fingerprint density at radius 3 is 2.40 bits per heavy atom. The predicted molar refractivity (Wildman–Crippen MR) is 117 cm³/mol. The molecule has 5 aromatic rings. The molecule has 2 heterocycles. The van der Waals surface area contributed by atoms with Crippen molar-refractivity contribution in [2.24, 2.45) is 0 Å². The van der Waals surface area contributed by atoms with Crippen molar-refractivity contribution in [1.82, 2.24) is 25.2 Å². The molecule has 2 aromatic heterocycles. The fourth-order valence-electron chi connectivity index (χ4n) is 3.41. The van der Waals surface area contributed by atoms with Crippen molar-refractivity contribution in [2.45, 2.75) is 10.4 Å². The summed E-state index contributed by atoms with van der Waals surface area (Å²) in [6, 6.07) is 27.2. The van der Waals surface area contributed by atoms with Crippen LogP contribution in [0.5, 0.6) is 0 Å². The largest absolute Gasteiger partial charge is 0.360 e. The minimum atomic E-state index is -0.487. The molecule has 30 heavy (non-hydrogen) atoms. The summed E-state index contributed by atoms with van der Waals surface area (Å²) in [5.41, 5.74) is 3.34. The zero-order valence-corrected chi connectivity index (χ0v) is 16.7. The smallest absolute Gasteiger partial charge is 0.215 e. The molecule has 1 atom stereocenters. The van der Waals surface area contributed by atoms with Crippen molar-refractivity contribution in [1.29, 1.82) is 0 Å². The van der Waals surface area contributed by atoms with E-state index in [0.717, 1.165) is 22.2 Å². The van der Waals surface area contributed by atoms with Crippen molar-refractivity contribution in [3.05, 3.63) is 102 Å². The van der Waals surface area contributed by atoms with Crippen LogP contribution in [0.3, 0.4) is 0 Å². The molecular formula is C23H17N5OS. The lowest BCUT2D eigenvalue weighted by molar-refractivity contribution is 0.0991. The lowest BCUT2D eigenvalue weighted by atomic mass is 10.0. The van der Waals surface area contributed by atoms with E-state index in [0.29, 0.717) is 10.7 Å². The number of para-hydroxylation sites is 2. The number of ketones is 1. The molecule has 1 unspecified atom stereocenters. The molecule has 6 nitrogen and oxygen atoms in total. The van der Waals surface area contributed by atoms with Crippen LogP contribution in [0.2, 0.25) is 0 Å². The third kappa shape index (κ3) is 3.40. The van der Waals surface area contributed by atoms with Gasteiger partial charge in [-0.1, -0.05) is 78.5 Å². The Balaban J connectivity index is 1.56. The average molecular weight is 411 g/mol. The van der Waals surface area contributed by atoms with Crippen LogP contribution in [0.15, 0.2) is 96.3 Å². The Bertz CT molecular complexity index is 1300. The number of aromatic amines is 1. The van der Waals surface area contributed by atoms with Gasteiger partial charge in [-0.05, 0) is 34.2 Å². The predicted octanol–water partition coefficient (Wildman–Crippen LogP) is 4.86. The number of carbonyl (C=O) groups is 1. The molecule has 3 aromatic carbocycles. The Morgan fingerprint density at radius 2 is 1.60 bits per heavy atom. The van der Waals surface area contributed by atoms with Gasteiger partial charge in [-0.2, -0.15) is 4.68 Å². The van der Waals surface area contributed by atoms with E-state index in [1.165, 1.54) is 11.8 Å². The van der Waals surface area contributed by atoms with Crippen molar-refractivity contribution in [3.8, 4) is 5.69 Å². The first kappa shape index (κ1) is 18.3. The van der Waals surface area contributed by atoms with E-state index in [1.807, 2.05) is 84.9 Å². The number of nitrogens with one attached hydrogen (secondary N) is 1. The number of rotatable bonds is 6. The Morgan fingerprint density at radius 1 is 0.900 bits per heavy atom. The number of H-pyrrole nitrogens is 1. The van der Waals surface area contributed by atoms with Crippen LogP contribution in [0.1, 0.15) is 21.2 Å². The normalized spacial score (nSPS) is 12.1. The number of benzene rings is 3. The molecule has 5 rings (SSSR count). The fraction of sp³-hybridized carbons (Fsp3) is 0.0435. The van der Waals surface area contributed by atoms with Crippen molar-refractivity contribution in [2.75, 3.05) is 0 Å². The van der Waals surface area contributed by atoms with Crippen LogP contribution in [-0.4, -0.2) is 31.0 Å². The van der Waals surface area contributed by atoms with Gasteiger partial charge in [-0.25, -0.2) is 0 Å². The van der Waals surface area contributed by atoms with Gasteiger partial charge in [0, 0.05) is 22.7 Å². The molecule has 0 aliphatic heterocycles. The maximum Gasteiger partial charge on any atom is 0.215 e. The summed E-state index contributed by atoms with van der Waals surface area (Å²) < 4.78 is 1.66. The van der Waals surface area contributed by atoms with E-state index in [9.17, 15) is 4.79 Å². The van der Waals surface area contributed by atoms with Crippen LogP contribution in [0.4, 0.5) is 0 Å². The fourth-order valence-corrected chi connectivity index (χ4v) is 4.47. The van der Waals surface area contributed by atoms with E-state index < -0.39 is 5.25 Å². The van der Waals surface area contributed by atoms with Crippen LogP contribution in [0, 0.1) is 0 Å². The molecular weight excluding hydrogens is 394 g/mol. The van der Waals surface area contributed by atoms with Crippen LogP contribution >= 0.6 is 11.8 Å². The van der Waals surface area contributed by atoms with Gasteiger partial charge < -0.3 is 4.98 Å². The van der Waals surface area contributed by atoms with E-state index >= 15 is 0 Å². The first-order valence-electron chi connectivity index (χ1n) is 9.47. The third-order valence-corrected chi connectivity index (χ3v) is 6.05. The number of carbonyl (C=O) groups excluding carboxylic acids is 1. The summed E-state index contributed by atoms with van der Waals surface area (Å²) in [6.45, 7) is 0. The van der Waals surface area contributed by atoms with Crippen molar-refractivity contribution in [3.63, 3.8) is 0 Å². The zero-order chi connectivity index (χ0) is 20.3. The van der Waals surface area contributed by atoms with Gasteiger partial charge in [-0.15, -0.1) is 5.10 Å². The number of thioether (sulfide) groups is 1. The summed E-state index contributed by atoms with van der Waals surface area (Å²) in [4.78, 5) is 16.9. The quantitative estimate of drug-likeness (QED) is 0.319. The highest BCUT2D eigenvalue weighted by molar-refractivity contribution is 8.00. The van der Waals surface area contributed by atoms with E-state index in [1.54, 1.807) is 10.9 Å². The standard InChI is InChI=1S/C23H17N5OS/c29-21(19-15-24-20-14-8-7-13-18(19)20)22(16-9-3-1-4-10-16)30-23-25-26-27-28(23)17-11-5-2-6-12-17/h1-15,22,24H. The van der Waals surface area contributed by atoms with Crippen molar-refractivity contribution >= 4 is 28.4 Å². The molecule has 1 N–H and O–H groups in total. The molecule has 0 bridgehead atoms. The Labute approximate surface area is 176 Å². The molecule has 0 radical (unpaired) electrons. The molecule has 7 heteroatoms. The van der Waals surface area contributed by atoms with Gasteiger partial charge in [0.25, 0.3) is 0 Å². The highest BCUT2D eigenvalue weighted by Crippen LogP contribution is 2.38. The van der Waals surface area contributed by atoms with Gasteiger partial charge in [-0.3, -0.25) is 4.79 Å². The lowest BCUT2D eigenvalue weighted by Gasteiger charge is -2.15. The van der Waals surface area contributed by atoms with E-state index in [2.05, 4.69) is 20.5 Å². The monoisotopic (exact) mass is 411 g/mol. The molecule has 0 aliphatic carbocycles. The zero-order valence-electron chi connectivity index (χ0n) is 15.8. The summed E-state index contributed by atoms with van der Waals surface area (Å²) in [7, 11) is 0. The number of Topliss-reactive ketones (excluding diaryl/α,β-unsaturated/α-hetero) is 1. The summed E-state index contributed by atoms with van der Waals surface area (Å²) in [5, 5.41) is 13.1. The minimum absolute atomic E-state index is 0.00580. The molecule has 0 spiro atoms. The van der Waals surface area contributed by atoms with Crippen LogP contribution < -0.4 is 0 Å². The first-order valence-corrected chi connectivity index (χ1v) is 10.3. The van der Waals surface area contributed by atoms with Crippen LogP contribution in [0.25, 0.3) is 16.6 Å². The molecule has 146 valence electrons. The summed E-state index contributed by atoms with van der Waals surface area (Å²) in [6.07, 6.45) is 1.78. The van der Waals surface area contributed by atoms with Gasteiger partial charge in [0.1, 0.15) is 5.25 Å². The molecule has 0 fully saturated rings. The maximum atomic E-state index is 13.7. The second-order valence-electron chi connectivity index (χ2n) is 6.73. The average Bonchev–Trinajstić information content (AvgIpc) is 3.45. The van der Waals surface area contributed by atoms with Gasteiger partial charge in [0.05, 0.1) is 5.69 Å². The molecule has 0 saturated carbocycles. The second kappa shape index (κ2) is 7.96. The van der Waals surface area contributed by atoms with Crippen LogP contribution in [-0.2, 0) is 0 Å². The number of aromatic nitrogens is 5. The number of hydrogen-bond donors (Lipinski definition) is 1. The molecule has 0 amide bonds. The second-order valence-corrected chi connectivity index (χ2v) is 7.80. The number of fused-ring (bicyclic) bond motifs is 1. The number of hydrogen-bond acceptors (Lipinski definition) is 5. The van der Waals surface area contributed by atoms with E-state index in [4.69, 9.17) is 0 Å². The topological polar surface area (TPSA) is 76.5 Å². The van der Waals surface area contributed by atoms with Gasteiger partial charge >= 0.3 is 0 Å². The molecule has 0 saturated heterocycles. The number of tetrazole rings is 1. The molecule has 0 aliphatic rings. The highest BCUT2D eigenvalue weighted by Gasteiger charge is 2.28. The Hall–Kier alpha value is -3.71.